The van der Waals surface area contributed by atoms with Gasteiger partial charge in [-0.15, -0.1) is 11.3 Å². The van der Waals surface area contributed by atoms with Gasteiger partial charge in [0.25, 0.3) is 0 Å². The number of ether oxygens (including phenoxy) is 1. The summed E-state index contributed by atoms with van der Waals surface area (Å²) in [7, 11) is 0. The molecule has 0 saturated carbocycles. The quantitative estimate of drug-likeness (QED) is 0.735. The molecule has 0 aliphatic carbocycles. The second kappa shape index (κ2) is 4.66. The van der Waals surface area contributed by atoms with E-state index < -0.39 is 0 Å². The van der Waals surface area contributed by atoms with Gasteiger partial charge in [0.1, 0.15) is 0 Å². The lowest BCUT2D eigenvalue weighted by molar-refractivity contribution is 0.105. The molecule has 2 heterocycles. The summed E-state index contributed by atoms with van der Waals surface area (Å²) in [5.41, 5.74) is 1.28. The third-order valence-electron chi connectivity index (χ3n) is 2.56. The van der Waals surface area contributed by atoms with Gasteiger partial charge < -0.3 is 9.64 Å². The fraction of sp³-hybridized carbons (Fsp3) is 0.545. The van der Waals surface area contributed by atoms with Crippen LogP contribution in [0.25, 0.3) is 0 Å². The van der Waals surface area contributed by atoms with Gasteiger partial charge in [-0.05, 0) is 36.8 Å². The van der Waals surface area contributed by atoms with Gasteiger partial charge in [0.05, 0.1) is 13.2 Å². The number of hydrogen-bond donors (Lipinski definition) is 0. The molecule has 15 heavy (non-hydrogen) atoms. The lowest BCUT2D eigenvalue weighted by Gasteiger charge is -2.19. The van der Waals surface area contributed by atoms with Crippen molar-refractivity contribution in [1.82, 2.24) is 4.90 Å². The van der Waals surface area contributed by atoms with Gasteiger partial charge in [-0.25, -0.2) is 4.79 Å². The Bertz CT molecular complexity index is 348. The third-order valence-corrected chi connectivity index (χ3v) is 3.58. The van der Waals surface area contributed by atoms with Crippen molar-refractivity contribution < 1.29 is 9.53 Å². The van der Waals surface area contributed by atoms with E-state index in [-0.39, 0.29) is 6.09 Å². The van der Waals surface area contributed by atoms with E-state index in [1.54, 1.807) is 16.2 Å². The summed E-state index contributed by atoms with van der Waals surface area (Å²) in [5, 5.41) is 2.10. The fourth-order valence-corrected chi connectivity index (χ4v) is 2.76. The maximum atomic E-state index is 11.6. The van der Waals surface area contributed by atoms with Crippen molar-refractivity contribution in [2.45, 2.75) is 26.3 Å². The molecule has 1 amide bonds. The highest BCUT2D eigenvalue weighted by Gasteiger charge is 2.20. The lowest BCUT2D eigenvalue weighted by atomic mass is 10.2. The van der Waals surface area contributed by atoms with Crippen LogP contribution in [-0.2, 0) is 17.7 Å². The summed E-state index contributed by atoms with van der Waals surface area (Å²) in [6.45, 7) is 3.80. The summed E-state index contributed by atoms with van der Waals surface area (Å²) in [5.74, 6) is 0. The molecule has 0 bridgehead atoms. The highest BCUT2D eigenvalue weighted by molar-refractivity contribution is 7.10. The number of thiophene rings is 1. The molecule has 1 aromatic rings. The monoisotopic (exact) mass is 225 g/mol. The first-order chi connectivity index (χ1) is 7.31. The Labute approximate surface area is 93.7 Å². The molecule has 0 spiro atoms. The van der Waals surface area contributed by atoms with Crippen LogP contribution in [0.3, 0.4) is 0 Å². The van der Waals surface area contributed by atoms with Crippen molar-refractivity contribution >= 4 is 17.4 Å². The van der Waals surface area contributed by atoms with E-state index in [4.69, 9.17) is 4.74 Å². The molecule has 0 unspecified atom stereocenters. The lowest BCUT2D eigenvalue weighted by Crippen LogP contribution is -2.31. The van der Waals surface area contributed by atoms with E-state index in [0.717, 1.165) is 19.4 Å². The average molecular weight is 225 g/mol. The number of fused-ring (bicyclic) bond motifs is 1. The van der Waals surface area contributed by atoms with Crippen LogP contribution >= 0.6 is 11.3 Å². The molecule has 4 heteroatoms. The van der Waals surface area contributed by atoms with E-state index in [9.17, 15) is 4.79 Å². The number of nitrogens with zero attached hydrogens (tertiary/aromatic N) is 1. The predicted molar refractivity (Wildman–Crippen MR) is 60.1 cm³/mol. The average Bonchev–Trinajstić information content (AvgIpc) is 2.56. The summed E-state index contributed by atoms with van der Waals surface area (Å²) in [4.78, 5) is 14.8. The van der Waals surface area contributed by atoms with Gasteiger partial charge in [0.15, 0.2) is 0 Å². The van der Waals surface area contributed by atoms with Gasteiger partial charge >= 0.3 is 6.09 Å². The van der Waals surface area contributed by atoms with Crippen LogP contribution in [0.2, 0.25) is 0 Å². The Morgan fingerprint density at radius 2 is 2.53 bits per heavy atom. The van der Waals surface area contributed by atoms with Crippen LogP contribution in [0.1, 0.15) is 23.8 Å². The molecule has 1 aliphatic heterocycles. The molecule has 1 aromatic heterocycles. The molecule has 0 atom stereocenters. The first-order valence-electron chi connectivity index (χ1n) is 5.28. The Kier molecular flexibility index (Phi) is 3.26. The second-order valence-electron chi connectivity index (χ2n) is 3.59. The fourth-order valence-electron chi connectivity index (χ4n) is 1.81. The van der Waals surface area contributed by atoms with E-state index >= 15 is 0 Å². The smallest absolute Gasteiger partial charge is 0.410 e. The molecular formula is C11H15NO2S. The van der Waals surface area contributed by atoms with Gasteiger partial charge in [-0.1, -0.05) is 0 Å². The zero-order valence-corrected chi connectivity index (χ0v) is 9.68. The molecule has 0 N–H and O–H groups in total. The molecule has 3 nitrogen and oxygen atoms in total. The van der Waals surface area contributed by atoms with Crippen LogP contribution in [0.15, 0.2) is 11.4 Å². The Morgan fingerprint density at radius 1 is 1.67 bits per heavy atom. The van der Waals surface area contributed by atoms with Crippen molar-refractivity contribution in [3.8, 4) is 0 Å². The predicted octanol–water partition coefficient (Wildman–Crippen LogP) is 2.65. The highest BCUT2D eigenvalue weighted by Crippen LogP contribution is 2.23. The molecule has 1 aliphatic rings. The maximum absolute atomic E-state index is 11.6. The summed E-state index contributed by atoms with van der Waals surface area (Å²) in [6, 6.07) is 2.11. The highest BCUT2D eigenvalue weighted by atomic mass is 32.1. The van der Waals surface area contributed by atoms with E-state index in [1.807, 2.05) is 6.92 Å². The van der Waals surface area contributed by atoms with Crippen LogP contribution < -0.4 is 0 Å². The van der Waals surface area contributed by atoms with Gasteiger partial charge in [-0.3, -0.25) is 0 Å². The van der Waals surface area contributed by atoms with Crippen molar-refractivity contribution in [2.24, 2.45) is 0 Å². The number of amides is 1. The van der Waals surface area contributed by atoms with Crippen LogP contribution in [0.4, 0.5) is 4.79 Å². The third kappa shape index (κ3) is 2.31. The zero-order chi connectivity index (χ0) is 10.7. The van der Waals surface area contributed by atoms with Crippen molar-refractivity contribution in [1.29, 1.82) is 0 Å². The second-order valence-corrected chi connectivity index (χ2v) is 4.59. The van der Waals surface area contributed by atoms with Crippen molar-refractivity contribution in [3.63, 3.8) is 0 Å². The van der Waals surface area contributed by atoms with Crippen LogP contribution in [-0.4, -0.2) is 24.1 Å². The van der Waals surface area contributed by atoms with E-state index in [2.05, 4.69) is 11.4 Å². The number of carbonyl (C=O) groups excluding carboxylic acids is 1. The minimum atomic E-state index is -0.184. The topological polar surface area (TPSA) is 29.5 Å². The van der Waals surface area contributed by atoms with E-state index in [0.29, 0.717) is 13.2 Å². The first-order valence-corrected chi connectivity index (χ1v) is 6.16. The molecule has 0 radical (unpaired) electrons. The van der Waals surface area contributed by atoms with Crippen molar-refractivity contribution in [3.05, 3.63) is 21.9 Å². The molecule has 0 aromatic carbocycles. The minimum Gasteiger partial charge on any atom is -0.450 e. The SMILES string of the molecule is CCOC(=O)N1CCCc2sccc2C1. The van der Waals surface area contributed by atoms with E-state index in [1.165, 1.54) is 10.4 Å². The summed E-state index contributed by atoms with van der Waals surface area (Å²) < 4.78 is 5.02. The summed E-state index contributed by atoms with van der Waals surface area (Å²) in [6.07, 6.45) is 1.94. The van der Waals surface area contributed by atoms with Crippen LogP contribution in [0.5, 0.6) is 0 Å². The summed E-state index contributed by atoms with van der Waals surface area (Å²) >= 11 is 1.79. The number of carbonyl (C=O) groups is 1. The van der Waals surface area contributed by atoms with Gasteiger partial charge in [0.2, 0.25) is 0 Å². The minimum absolute atomic E-state index is 0.184. The standard InChI is InChI=1S/C11H15NO2S/c1-2-14-11(13)12-6-3-4-10-9(8-12)5-7-15-10/h5,7H,2-4,6,8H2,1H3. The van der Waals surface area contributed by atoms with Gasteiger partial charge in [0, 0.05) is 11.4 Å². The number of rotatable bonds is 1. The zero-order valence-electron chi connectivity index (χ0n) is 8.86. The number of hydrogen-bond acceptors (Lipinski definition) is 3. The first kappa shape index (κ1) is 10.5. The number of aryl methyl sites for hydroxylation is 1. The van der Waals surface area contributed by atoms with Gasteiger partial charge in [-0.2, -0.15) is 0 Å². The maximum Gasteiger partial charge on any atom is 0.410 e. The molecule has 82 valence electrons. The normalized spacial score (nSPS) is 15.7. The molecular weight excluding hydrogens is 210 g/mol. The van der Waals surface area contributed by atoms with Crippen LogP contribution in [0, 0.1) is 0 Å². The Balaban J connectivity index is 2.08. The molecule has 2 rings (SSSR count). The Hall–Kier alpha value is -1.03. The molecule has 0 saturated heterocycles. The van der Waals surface area contributed by atoms with Crippen molar-refractivity contribution in [2.75, 3.05) is 13.2 Å². The largest absolute Gasteiger partial charge is 0.450 e. The molecule has 0 fully saturated rings. The Morgan fingerprint density at radius 3 is 3.33 bits per heavy atom.